The molecule has 1 unspecified atom stereocenters. The molecule has 0 aromatic heterocycles. The van der Waals surface area contributed by atoms with E-state index >= 15 is 0 Å². The van der Waals surface area contributed by atoms with Gasteiger partial charge in [-0.05, 0) is 30.9 Å². The van der Waals surface area contributed by atoms with Crippen molar-refractivity contribution in [3.8, 4) is 11.5 Å². The predicted octanol–water partition coefficient (Wildman–Crippen LogP) is 3.98. The van der Waals surface area contributed by atoms with Crippen molar-refractivity contribution in [2.75, 3.05) is 27.3 Å². The lowest BCUT2D eigenvalue weighted by Crippen LogP contribution is -2.46. The Morgan fingerprint density at radius 2 is 1.79 bits per heavy atom. The molecule has 1 amide bonds. The SMILES string of the molecule is CCC(C(=O)N1CCC(NCc2cccc(OC)c2OC)CC1)c1ccccc1. The summed E-state index contributed by atoms with van der Waals surface area (Å²) in [6.07, 6.45) is 2.75. The molecule has 1 heterocycles. The normalized spacial score (nSPS) is 15.8. The van der Waals surface area contributed by atoms with E-state index in [0.717, 1.165) is 61.5 Å². The van der Waals surface area contributed by atoms with Crippen LogP contribution in [0.5, 0.6) is 11.5 Å². The largest absolute Gasteiger partial charge is 0.493 e. The first-order chi connectivity index (χ1) is 14.2. The maximum absolute atomic E-state index is 13.0. The van der Waals surface area contributed by atoms with Crippen LogP contribution < -0.4 is 14.8 Å². The number of carbonyl (C=O) groups excluding carboxylic acids is 1. The molecule has 1 atom stereocenters. The van der Waals surface area contributed by atoms with Gasteiger partial charge in [-0.1, -0.05) is 49.4 Å². The molecule has 29 heavy (non-hydrogen) atoms. The number of methoxy groups -OCH3 is 2. The number of nitrogens with one attached hydrogen (secondary N) is 1. The number of ether oxygens (including phenoxy) is 2. The van der Waals surface area contributed by atoms with Gasteiger partial charge in [-0.25, -0.2) is 0 Å². The van der Waals surface area contributed by atoms with Crippen molar-refractivity contribution in [3.63, 3.8) is 0 Å². The number of hydrogen-bond donors (Lipinski definition) is 1. The topological polar surface area (TPSA) is 50.8 Å². The van der Waals surface area contributed by atoms with E-state index in [1.807, 2.05) is 35.2 Å². The van der Waals surface area contributed by atoms with Gasteiger partial charge >= 0.3 is 0 Å². The molecule has 0 aliphatic carbocycles. The van der Waals surface area contributed by atoms with Crippen LogP contribution in [-0.2, 0) is 11.3 Å². The van der Waals surface area contributed by atoms with E-state index in [2.05, 4.69) is 30.4 Å². The monoisotopic (exact) mass is 396 g/mol. The summed E-state index contributed by atoms with van der Waals surface area (Å²) in [4.78, 5) is 15.1. The molecule has 0 radical (unpaired) electrons. The molecule has 5 nitrogen and oxygen atoms in total. The Morgan fingerprint density at radius 3 is 2.41 bits per heavy atom. The number of benzene rings is 2. The third-order valence-corrected chi connectivity index (χ3v) is 5.78. The summed E-state index contributed by atoms with van der Waals surface area (Å²) in [5.74, 6) is 1.75. The first kappa shape index (κ1) is 21.2. The summed E-state index contributed by atoms with van der Waals surface area (Å²) in [5, 5.41) is 3.62. The van der Waals surface area contributed by atoms with Crippen molar-refractivity contribution in [1.29, 1.82) is 0 Å². The molecule has 1 fully saturated rings. The van der Waals surface area contributed by atoms with Crippen molar-refractivity contribution in [2.45, 2.75) is 44.7 Å². The zero-order chi connectivity index (χ0) is 20.6. The van der Waals surface area contributed by atoms with E-state index in [4.69, 9.17) is 9.47 Å². The maximum atomic E-state index is 13.0. The summed E-state index contributed by atoms with van der Waals surface area (Å²) in [7, 11) is 3.32. The Bertz CT molecular complexity index is 786. The summed E-state index contributed by atoms with van der Waals surface area (Å²) in [5.41, 5.74) is 2.20. The number of hydrogen-bond acceptors (Lipinski definition) is 4. The van der Waals surface area contributed by atoms with Gasteiger partial charge in [0.2, 0.25) is 5.91 Å². The standard InChI is InChI=1S/C24H32N2O3/c1-4-21(18-9-6-5-7-10-18)24(27)26-15-13-20(14-16-26)25-17-19-11-8-12-22(28-2)23(19)29-3/h5-12,20-21,25H,4,13-17H2,1-3H3. The molecular weight excluding hydrogens is 364 g/mol. The fourth-order valence-corrected chi connectivity index (χ4v) is 4.11. The Morgan fingerprint density at radius 1 is 1.07 bits per heavy atom. The van der Waals surface area contributed by atoms with Gasteiger partial charge < -0.3 is 19.7 Å². The Labute approximate surface area is 174 Å². The first-order valence-electron chi connectivity index (χ1n) is 10.4. The van der Waals surface area contributed by atoms with E-state index in [-0.39, 0.29) is 11.8 Å². The number of amides is 1. The van der Waals surface area contributed by atoms with Crippen LogP contribution in [0, 0.1) is 0 Å². The number of rotatable bonds is 8. The van der Waals surface area contributed by atoms with Crippen LogP contribution in [0.25, 0.3) is 0 Å². The number of piperidine rings is 1. The average molecular weight is 397 g/mol. The second kappa shape index (κ2) is 10.3. The van der Waals surface area contributed by atoms with Crippen molar-refractivity contribution in [1.82, 2.24) is 10.2 Å². The van der Waals surface area contributed by atoms with E-state index in [0.29, 0.717) is 6.04 Å². The summed E-state index contributed by atoms with van der Waals surface area (Å²) < 4.78 is 10.9. The summed E-state index contributed by atoms with van der Waals surface area (Å²) in [6, 6.07) is 16.5. The highest BCUT2D eigenvalue weighted by Crippen LogP contribution is 2.31. The highest BCUT2D eigenvalue weighted by Gasteiger charge is 2.28. The van der Waals surface area contributed by atoms with E-state index in [1.165, 1.54) is 0 Å². The number of carbonyl (C=O) groups is 1. The average Bonchev–Trinajstić information content (AvgIpc) is 2.78. The van der Waals surface area contributed by atoms with Crippen molar-refractivity contribution < 1.29 is 14.3 Å². The zero-order valence-corrected chi connectivity index (χ0v) is 17.7. The summed E-state index contributed by atoms with van der Waals surface area (Å²) in [6.45, 7) is 4.41. The molecule has 1 saturated heterocycles. The van der Waals surface area contributed by atoms with Crippen LogP contribution >= 0.6 is 0 Å². The molecular formula is C24H32N2O3. The third-order valence-electron chi connectivity index (χ3n) is 5.78. The fraction of sp³-hybridized carbons (Fsp3) is 0.458. The first-order valence-corrected chi connectivity index (χ1v) is 10.4. The van der Waals surface area contributed by atoms with Crippen LogP contribution in [0.3, 0.4) is 0 Å². The van der Waals surface area contributed by atoms with Gasteiger partial charge in [-0.2, -0.15) is 0 Å². The highest BCUT2D eigenvalue weighted by molar-refractivity contribution is 5.83. The zero-order valence-electron chi connectivity index (χ0n) is 17.7. The van der Waals surface area contributed by atoms with Gasteiger partial charge in [0.1, 0.15) is 0 Å². The fourth-order valence-electron chi connectivity index (χ4n) is 4.11. The van der Waals surface area contributed by atoms with Gasteiger partial charge in [-0.15, -0.1) is 0 Å². The van der Waals surface area contributed by atoms with Crippen molar-refractivity contribution in [3.05, 3.63) is 59.7 Å². The van der Waals surface area contributed by atoms with Crippen LogP contribution in [0.2, 0.25) is 0 Å². The Kier molecular flexibility index (Phi) is 7.53. The van der Waals surface area contributed by atoms with Gasteiger partial charge in [0.25, 0.3) is 0 Å². The minimum atomic E-state index is -0.0400. The van der Waals surface area contributed by atoms with E-state index in [9.17, 15) is 4.79 Å². The van der Waals surface area contributed by atoms with Gasteiger partial charge in [-0.3, -0.25) is 4.79 Å². The van der Waals surface area contributed by atoms with Gasteiger partial charge in [0.05, 0.1) is 20.1 Å². The minimum Gasteiger partial charge on any atom is -0.493 e. The quantitative estimate of drug-likeness (QED) is 0.733. The molecule has 1 N–H and O–H groups in total. The molecule has 0 spiro atoms. The molecule has 156 valence electrons. The smallest absolute Gasteiger partial charge is 0.230 e. The molecule has 5 heteroatoms. The van der Waals surface area contributed by atoms with Crippen LogP contribution in [0.1, 0.15) is 43.2 Å². The van der Waals surface area contributed by atoms with E-state index < -0.39 is 0 Å². The molecule has 1 aliphatic heterocycles. The predicted molar refractivity (Wildman–Crippen MR) is 115 cm³/mol. The lowest BCUT2D eigenvalue weighted by Gasteiger charge is -2.34. The number of nitrogens with zero attached hydrogens (tertiary/aromatic N) is 1. The lowest BCUT2D eigenvalue weighted by molar-refractivity contribution is -0.134. The Balaban J connectivity index is 1.54. The van der Waals surface area contributed by atoms with Crippen molar-refractivity contribution >= 4 is 5.91 Å². The van der Waals surface area contributed by atoms with E-state index in [1.54, 1.807) is 14.2 Å². The van der Waals surface area contributed by atoms with Gasteiger partial charge in [0, 0.05) is 31.2 Å². The maximum Gasteiger partial charge on any atom is 0.230 e. The summed E-state index contributed by atoms with van der Waals surface area (Å²) >= 11 is 0. The minimum absolute atomic E-state index is 0.0400. The Hall–Kier alpha value is -2.53. The van der Waals surface area contributed by atoms with Gasteiger partial charge in [0.15, 0.2) is 11.5 Å². The number of likely N-dealkylation sites (tertiary alicyclic amines) is 1. The molecule has 3 rings (SSSR count). The molecule has 2 aromatic carbocycles. The second-order valence-corrected chi connectivity index (χ2v) is 7.50. The molecule has 2 aromatic rings. The molecule has 1 aliphatic rings. The third kappa shape index (κ3) is 5.10. The van der Waals surface area contributed by atoms with Crippen LogP contribution in [0.4, 0.5) is 0 Å². The molecule has 0 saturated carbocycles. The lowest BCUT2D eigenvalue weighted by atomic mass is 9.93. The molecule has 0 bridgehead atoms. The van der Waals surface area contributed by atoms with Crippen LogP contribution in [0.15, 0.2) is 48.5 Å². The van der Waals surface area contributed by atoms with Crippen molar-refractivity contribution in [2.24, 2.45) is 0 Å². The number of para-hydroxylation sites is 1. The second-order valence-electron chi connectivity index (χ2n) is 7.50. The highest BCUT2D eigenvalue weighted by atomic mass is 16.5. The van der Waals surface area contributed by atoms with Crippen LogP contribution in [-0.4, -0.2) is 44.2 Å².